The molecule has 0 heterocycles. The maximum atomic E-state index is 11.6. The molecule has 0 radical (unpaired) electrons. The van der Waals surface area contributed by atoms with Gasteiger partial charge >= 0.3 is 5.97 Å². The molecule has 0 fully saturated rings. The van der Waals surface area contributed by atoms with Crippen LogP contribution >= 0.6 is 11.6 Å². The first-order valence-corrected chi connectivity index (χ1v) is 5.99. The average molecular weight is 286 g/mol. The third-order valence-corrected chi connectivity index (χ3v) is 2.62. The first kappa shape index (κ1) is 15.1. The Morgan fingerprint density at radius 1 is 1.37 bits per heavy atom. The molecule has 0 spiro atoms. The molecule has 0 bridgehead atoms. The summed E-state index contributed by atoms with van der Waals surface area (Å²) in [5.41, 5.74) is 6.71. The van der Waals surface area contributed by atoms with E-state index in [1.807, 2.05) is 0 Å². The van der Waals surface area contributed by atoms with Gasteiger partial charge in [0, 0.05) is 25.7 Å². The van der Waals surface area contributed by atoms with Gasteiger partial charge in [0.05, 0.1) is 23.4 Å². The van der Waals surface area contributed by atoms with E-state index in [1.54, 1.807) is 0 Å². The molecule has 0 aliphatic carbocycles. The fourth-order valence-corrected chi connectivity index (χ4v) is 1.80. The monoisotopic (exact) mass is 285 g/mol. The number of carbonyl (C=O) groups is 2. The van der Waals surface area contributed by atoms with Crippen molar-refractivity contribution in [2.45, 2.75) is 6.92 Å². The lowest BCUT2D eigenvalue weighted by Crippen LogP contribution is -2.26. The first-order valence-electron chi connectivity index (χ1n) is 5.61. The van der Waals surface area contributed by atoms with Gasteiger partial charge in [0.25, 0.3) is 0 Å². The molecule has 0 saturated heterocycles. The molecule has 1 rings (SSSR count). The number of methoxy groups -OCH3 is 1. The van der Waals surface area contributed by atoms with Gasteiger partial charge in [0.15, 0.2) is 0 Å². The van der Waals surface area contributed by atoms with Crippen molar-refractivity contribution in [2.75, 3.05) is 31.2 Å². The molecule has 0 aromatic heterocycles. The van der Waals surface area contributed by atoms with Crippen molar-refractivity contribution in [3.05, 3.63) is 22.7 Å². The minimum absolute atomic E-state index is 0.126. The molecule has 0 aliphatic heterocycles. The van der Waals surface area contributed by atoms with Gasteiger partial charge in [-0.05, 0) is 12.1 Å². The zero-order valence-electron chi connectivity index (χ0n) is 10.7. The summed E-state index contributed by atoms with van der Waals surface area (Å²) >= 11 is 6.04. The molecule has 0 unspecified atom stereocenters. The molecular weight excluding hydrogens is 270 g/mol. The quantitative estimate of drug-likeness (QED) is 0.430. The highest BCUT2D eigenvalue weighted by Crippen LogP contribution is 2.29. The molecule has 0 saturated carbocycles. The van der Waals surface area contributed by atoms with Gasteiger partial charge in [-0.3, -0.25) is 4.79 Å². The van der Waals surface area contributed by atoms with E-state index >= 15 is 0 Å². The summed E-state index contributed by atoms with van der Waals surface area (Å²) in [7, 11) is 1.28. The molecule has 6 nitrogen and oxygen atoms in total. The molecular formula is C12H16ClN3O3. The van der Waals surface area contributed by atoms with E-state index in [9.17, 15) is 9.59 Å². The molecule has 1 amide bonds. The van der Waals surface area contributed by atoms with Gasteiger partial charge in [-0.1, -0.05) is 11.6 Å². The van der Waals surface area contributed by atoms with Crippen LogP contribution in [0.4, 0.5) is 11.4 Å². The van der Waals surface area contributed by atoms with Gasteiger partial charge in [-0.2, -0.15) is 0 Å². The van der Waals surface area contributed by atoms with Crippen molar-refractivity contribution < 1.29 is 14.3 Å². The Kier molecular flexibility index (Phi) is 5.44. The largest absolute Gasteiger partial charge is 0.465 e. The number of rotatable bonds is 5. The van der Waals surface area contributed by atoms with Crippen molar-refractivity contribution in [2.24, 2.45) is 0 Å². The van der Waals surface area contributed by atoms with Crippen molar-refractivity contribution in [3.63, 3.8) is 0 Å². The molecule has 0 atom stereocenters. The number of benzene rings is 1. The molecule has 1 aromatic rings. The highest BCUT2D eigenvalue weighted by Gasteiger charge is 2.15. The van der Waals surface area contributed by atoms with Crippen molar-refractivity contribution >= 4 is 34.9 Å². The number of hydrogen-bond acceptors (Lipinski definition) is 5. The summed E-state index contributed by atoms with van der Waals surface area (Å²) in [6.45, 7) is 2.26. The maximum Gasteiger partial charge on any atom is 0.340 e. The van der Waals surface area contributed by atoms with Gasteiger partial charge in [0.1, 0.15) is 0 Å². The number of amides is 1. The standard InChI is InChI=1S/C12H16ClN3O3/c1-7(17)15-3-4-16-11-9(12(18)19-2)5-8(14)6-10(11)13/h5-6,16H,3-4,14H2,1-2H3,(H,15,17). The smallest absolute Gasteiger partial charge is 0.340 e. The van der Waals surface area contributed by atoms with E-state index in [1.165, 1.54) is 26.2 Å². The number of anilines is 2. The summed E-state index contributed by atoms with van der Waals surface area (Å²) in [5.74, 6) is -0.658. The van der Waals surface area contributed by atoms with Crippen LogP contribution in [0.15, 0.2) is 12.1 Å². The van der Waals surface area contributed by atoms with Crippen LogP contribution in [0, 0.1) is 0 Å². The van der Waals surface area contributed by atoms with Crippen molar-refractivity contribution in [3.8, 4) is 0 Å². The number of ether oxygens (including phenoxy) is 1. The lowest BCUT2D eigenvalue weighted by Gasteiger charge is -2.13. The van der Waals surface area contributed by atoms with E-state index in [-0.39, 0.29) is 11.5 Å². The number of hydrogen-bond donors (Lipinski definition) is 3. The maximum absolute atomic E-state index is 11.6. The molecule has 7 heteroatoms. The van der Waals surface area contributed by atoms with Crippen molar-refractivity contribution in [1.82, 2.24) is 5.32 Å². The normalized spacial score (nSPS) is 9.84. The van der Waals surface area contributed by atoms with Crippen LogP contribution in [-0.4, -0.2) is 32.1 Å². The number of halogens is 1. The SMILES string of the molecule is COC(=O)c1cc(N)cc(Cl)c1NCCNC(C)=O. The van der Waals surface area contributed by atoms with Gasteiger partial charge in [0.2, 0.25) is 5.91 Å². The second-order valence-electron chi connectivity index (χ2n) is 3.83. The van der Waals surface area contributed by atoms with E-state index in [4.69, 9.17) is 17.3 Å². The lowest BCUT2D eigenvalue weighted by molar-refractivity contribution is -0.118. The minimum atomic E-state index is -0.531. The van der Waals surface area contributed by atoms with Gasteiger partial charge in [-0.25, -0.2) is 4.79 Å². The third-order valence-electron chi connectivity index (χ3n) is 2.32. The summed E-state index contributed by atoms with van der Waals surface area (Å²) in [6.07, 6.45) is 0. The van der Waals surface area contributed by atoms with Crippen LogP contribution in [0.1, 0.15) is 17.3 Å². The van der Waals surface area contributed by atoms with Gasteiger partial charge in [-0.15, -0.1) is 0 Å². The Hall–Kier alpha value is -1.95. The Balaban J connectivity index is 2.86. The fraction of sp³-hybridized carbons (Fsp3) is 0.333. The fourth-order valence-electron chi connectivity index (χ4n) is 1.50. The molecule has 104 valence electrons. The predicted octanol–water partition coefficient (Wildman–Crippen LogP) is 1.26. The van der Waals surface area contributed by atoms with E-state index in [2.05, 4.69) is 15.4 Å². The summed E-state index contributed by atoms with van der Waals surface area (Å²) in [6, 6.07) is 3.02. The van der Waals surface area contributed by atoms with Gasteiger partial charge < -0.3 is 21.1 Å². The molecule has 1 aromatic carbocycles. The Labute approximate surface area is 116 Å². The van der Waals surface area contributed by atoms with Crippen LogP contribution in [0.25, 0.3) is 0 Å². The average Bonchev–Trinajstić information content (AvgIpc) is 2.34. The third kappa shape index (κ3) is 4.33. The highest BCUT2D eigenvalue weighted by molar-refractivity contribution is 6.34. The van der Waals surface area contributed by atoms with Crippen molar-refractivity contribution in [1.29, 1.82) is 0 Å². The number of nitrogen functional groups attached to an aromatic ring is 1. The summed E-state index contributed by atoms with van der Waals surface area (Å²) in [5, 5.41) is 5.92. The molecule has 4 N–H and O–H groups in total. The van der Waals surface area contributed by atoms with Crippen LogP contribution in [0.3, 0.4) is 0 Å². The second-order valence-corrected chi connectivity index (χ2v) is 4.23. The minimum Gasteiger partial charge on any atom is -0.465 e. The van der Waals surface area contributed by atoms with Crippen LogP contribution in [0.5, 0.6) is 0 Å². The summed E-state index contributed by atoms with van der Waals surface area (Å²) in [4.78, 5) is 22.4. The molecule has 19 heavy (non-hydrogen) atoms. The van der Waals surface area contributed by atoms with Crippen LogP contribution < -0.4 is 16.4 Å². The first-order chi connectivity index (χ1) is 8.95. The van der Waals surface area contributed by atoms with Crippen LogP contribution in [0.2, 0.25) is 5.02 Å². The second kappa shape index (κ2) is 6.84. The van der Waals surface area contributed by atoms with E-state index < -0.39 is 5.97 Å². The zero-order valence-corrected chi connectivity index (χ0v) is 11.5. The Morgan fingerprint density at radius 3 is 2.63 bits per heavy atom. The molecule has 0 aliphatic rings. The Morgan fingerprint density at radius 2 is 2.05 bits per heavy atom. The number of nitrogens with two attached hydrogens (primary N) is 1. The zero-order chi connectivity index (χ0) is 14.4. The predicted molar refractivity (Wildman–Crippen MR) is 74.4 cm³/mol. The topological polar surface area (TPSA) is 93.4 Å². The Bertz CT molecular complexity index is 491. The summed E-state index contributed by atoms with van der Waals surface area (Å²) < 4.78 is 4.67. The lowest BCUT2D eigenvalue weighted by atomic mass is 10.1. The number of nitrogens with one attached hydrogen (secondary N) is 2. The van der Waals surface area contributed by atoms with E-state index in [0.717, 1.165) is 0 Å². The number of esters is 1. The number of carbonyl (C=O) groups excluding carboxylic acids is 2. The van der Waals surface area contributed by atoms with Crippen LogP contribution in [-0.2, 0) is 9.53 Å². The van der Waals surface area contributed by atoms with E-state index in [0.29, 0.717) is 29.5 Å². The highest BCUT2D eigenvalue weighted by atomic mass is 35.5.